The van der Waals surface area contributed by atoms with E-state index in [1.54, 1.807) is 0 Å². The third-order valence-electron chi connectivity index (χ3n) is 14.1. The second-order valence-corrected chi connectivity index (χ2v) is 18.1. The summed E-state index contributed by atoms with van der Waals surface area (Å²) in [5.41, 5.74) is 14.9. The van der Waals surface area contributed by atoms with E-state index in [9.17, 15) is 0 Å². The SMILES string of the molecule is C=C1/C=C\C=C/CN(c2ccc3c(c2)c2ccccc2n3-c2nc(-c3ccc(-c4ccccc4)cc3)nc(-n3c4ccccc4c4cc(-n5c6ccccc6c6ccccc65)ccc43)n2)c2ccccc21. The Labute approximate surface area is 409 Å². The monoisotopic (exact) mass is 909 g/mol. The van der Waals surface area contributed by atoms with Crippen molar-refractivity contribution in [1.82, 2.24) is 28.7 Å². The minimum Gasteiger partial charge on any atom is -0.337 e. The average Bonchev–Trinajstić information content (AvgIpc) is 4.09. The minimum atomic E-state index is 0.530. The Morgan fingerprint density at radius 1 is 0.366 bits per heavy atom. The highest BCUT2D eigenvalue weighted by Crippen LogP contribution is 2.40. The van der Waals surface area contributed by atoms with E-state index in [0.29, 0.717) is 24.3 Å². The standard InChI is InChI=1S/C64H43N7/c1-42-18-4-3-17-39-68(55-26-12-7-21-48(42)55)46-35-37-60-53(40-46)51-24-10-15-29-58(51)70(60)63-65-62(45-33-31-44(32-34-45)43-19-5-2-6-20-43)66-64(67-63)71-59-30-16-11-25-52(59)54-41-47(36-38-61(54)71)69-56-27-13-8-22-49(56)50-23-9-14-28-57(50)69/h2-38,40-41H,1,39H2/b17-3-,18-4-. The normalized spacial score (nSPS) is 13.8. The van der Waals surface area contributed by atoms with Crippen molar-refractivity contribution in [2.45, 2.75) is 0 Å². The molecule has 1 aliphatic heterocycles. The zero-order valence-corrected chi connectivity index (χ0v) is 38.6. The van der Waals surface area contributed by atoms with Gasteiger partial charge in [0.1, 0.15) is 0 Å². The van der Waals surface area contributed by atoms with E-state index < -0.39 is 0 Å². The van der Waals surface area contributed by atoms with Crippen molar-refractivity contribution in [2.24, 2.45) is 0 Å². The summed E-state index contributed by atoms with van der Waals surface area (Å²) in [6, 6.07) is 75.5. The van der Waals surface area contributed by atoms with Crippen LogP contribution in [0, 0.1) is 0 Å². The molecule has 0 saturated carbocycles. The molecule has 14 rings (SSSR count). The van der Waals surface area contributed by atoms with Gasteiger partial charge in [-0.15, -0.1) is 0 Å². The molecule has 4 aromatic heterocycles. The summed E-state index contributed by atoms with van der Waals surface area (Å²) in [6.07, 6.45) is 8.44. The lowest BCUT2D eigenvalue weighted by Crippen LogP contribution is -2.18. The summed E-state index contributed by atoms with van der Waals surface area (Å²) < 4.78 is 6.78. The van der Waals surface area contributed by atoms with Gasteiger partial charge >= 0.3 is 0 Å². The van der Waals surface area contributed by atoms with E-state index in [0.717, 1.165) is 88.5 Å². The molecule has 0 atom stereocenters. The zero-order valence-electron chi connectivity index (χ0n) is 38.6. The van der Waals surface area contributed by atoms with Crippen LogP contribution in [0.2, 0.25) is 0 Å². The van der Waals surface area contributed by atoms with Gasteiger partial charge in [-0.25, -0.2) is 0 Å². The first-order valence-corrected chi connectivity index (χ1v) is 24.0. The number of allylic oxidation sites excluding steroid dienone is 4. The van der Waals surface area contributed by atoms with Gasteiger partial charge in [-0.1, -0.05) is 176 Å². The van der Waals surface area contributed by atoms with E-state index >= 15 is 0 Å². The van der Waals surface area contributed by atoms with Gasteiger partial charge in [0.05, 0.1) is 33.1 Å². The van der Waals surface area contributed by atoms with Crippen molar-refractivity contribution in [1.29, 1.82) is 0 Å². The van der Waals surface area contributed by atoms with E-state index in [4.69, 9.17) is 15.0 Å². The Morgan fingerprint density at radius 2 is 0.831 bits per heavy atom. The number of hydrogen-bond donors (Lipinski definition) is 0. The molecule has 0 N–H and O–H groups in total. The van der Waals surface area contributed by atoms with Crippen LogP contribution in [0.1, 0.15) is 5.56 Å². The summed E-state index contributed by atoms with van der Waals surface area (Å²) in [6.45, 7) is 5.12. The maximum Gasteiger partial charge on any atom is 0.240 e. The Hall–Kier alpha value is -9.59. The Morgan fingerprint density at radius 3 is 1.45 bits per heavy atom. The molecule has 0 bridgehead atoms. The van der Waals surface area contributed by atoms with Gasteiger partial charge < -0.3 is 9.47 Å². The smallest absolute Gasteiger partial charge is 0.240 e. The first-order chi connectivity index (χ1) is 35.1. The summed E-state index contributed by atoms with van der Waals surface area (Å²) in [7, 11) is 0. The van der Waals surface area contributed by atoms with Crippen molar-refractivity contribution in [3.63, 3.8) is 0 Å². The molecule has 71 heavy (non-hydrogen) atoms. The van der Waals surface area contributed by atoms with Crippen molar-refractivity contribution < 1.29 is 0 Å². The number of nitrogens with zero attached hydrogens (tertiary/aromatic N) is 7. The van der Waals surface area contributed by atoms with Crippen LogP contribution in [-0.2, 0) is 0 Å². The van der Waals surface area contributed by atoms with E-state index in [1.807, 2.05) is 6.07 Å². The Kier molecular flexibility index (Phi) is 9.29. The third kappa shape index (κ3) is 6.55. The molecule has 0 fully saturated rings. The number of para-hydroxylation sites is 5. The fraction of sp³-hybridized carbons (Fsp3) is 0.0156. The summed E-state index contributed by atoms with van der Waals surface area (Å²) >= 11 is 0. The Bertz CT molecular complexity index is 4290. The molecule has 9 aromatic carbocycles. The number of rotatable bonds is 6. The van der Waals surface area contributed by atoms with Gasteiger partial charge in [0.2, 0.25) is 11.9 Å². The van der Waals surface area contributed by atoms with Crippen molar-refractivity contribution >= 4 is 82.4 Å². The first-order valence-electron chi connectivity index (χ1n) is 24.0. The summed E-state index contributed by atoms with van der Waals surface area (Å²) in [4.78, 5) is 18.7. The molecule has 5 heterocycles. The molecule has 0 radical (unpaired) electrons. The summed E-state index contributed by atoms with van der Waals surface area (Å²) in [5, 5.41) is 6.88. The number of anilines is 2. The second-order valence-electron chi connectivity index (χ2n) is 18.1. The third-order valence-corrected chi connectivity index (χ3v) is 14.1. The lowest BCUT2D eigenvalue weighted by Gasteiger charge is -2.26. The Balaban J connectivity index is 0.989. The molecule has 1 aliphatic rings. The molecule has 334 valence electrons. The lowest BCUT2D eigenvalue weighted by atomic mass is 10.0. The van der Waals surface area contributed by atoms with Crippen molar-refractivity contribution in [3.05, 3.63) is 249 Å². The van der Waals surface area contributed by atoms with E-state index in [-0.39, 0.29) is 0 Å². The fourth-order valence-electron chi connectivity index (χ4n) is 10.8. The molecule has 7 heteroatoms. The quantitative estimate of drug-likeness (QED) is 0.167. The maximum atomic E-state index is 5.51. The maximum absolute atomic E-state index is 5.51. The first kappa shape index (κ1) is 40.5. The van der Waals surface area contributed by atoms with E-state index in [2.05, 4.69) is 256 Å². The zero-order chi connectivity index (χ0) is 47.0. The topological polar surface area (TPSA) is 56.7 Å². The highest BCUT2D eigenvalue weighted by atomic mass is 15.3. The average molecular weight is 910 g/mol. The molecule has 0 aliphatic carbocycles. The molecule has 7 nitrogen and oxygen atoms in total. The van der Waals surface area contributed by atoms with E-state index in [1.165, 1.54) is 21.8 Å². The van der Waals surface area contributed by atoms with Crippen LogP contribution in [0.25, 0.3) is 111 Å². The minimum absolute atomic E-state index is 0.530. The lowest BCUT2D eigenvalue weighted by molar-refractivity contribution is 0.893. The number of aromatic nitrogens is 6. The second kappa shape index (κ2) is 16.3. The largest absolute Gasteiger partial charge is 0.337 e. The van der Waals surface area contributed by atoms with Crippen molar-refractivity contribution in [2.75, 3.05) is 11.4 Å². The van der Waals surface area contributed by atoms with Gasteiger partial charge in [-0.05, 0) is 83.4 Å². The van der Waals surface area contributed by atoms with Crippen LogP contribution < -0.4 is 4.90 Å². The predicted octanol–water partition coefficient (Wildman–Crippen LogP) is 15.8. The highest BCUT2D eigenvalue weighted by Gasteiger charge is 2.23. The fourth-order valence-corrected chi connectivity index (χ4v) is 10.8. The molecule has 13 aromatic rings. The van der Waals surface area contributed by atoms with Crippen LogP contribution in [0.5, 0.6) is 0 Å². The summed E-state index contributed by atoms with van der Waals surface area (Å²) in [5.74, 6) is 1.64. The molecule has 0 saturated heterocycles. The van der Waals surface area contributed by atoms with Crippen LogP contribution in [0.3, 0.4) is 0 Å². The van der Waals surface area contributed by atoms with Crippen molar-refractivity contribution in [3.8, 4) is 40.1 Å². The highest BCUT2D eigenvalue weighted by molar-refractivity contribution is 6.13. The molecular weight excluding hydrogens is 867 g/mol. The number of benzene rings is 9. The van der Waals surface area contributed by atoms with Crippen LogP contribution in [0.15, 0.2) is 243 Å². The van der Waals surface area contributed by atoms with Crippen LogP contribution in [0.4, 0.5) is 11.4 Å². The van der Waals surface area contributed by atoms with Gasteiger partial charge in [-0.3, -0.25) is 9.13 Å². The van der Waals surface area contributed by atoms with Gasteiger partial charge in [0, 0.05) is 67.1 Å². The molecule has 0 spiro atoms. The molecule has 0 amide bonds. The van der Waals surface area contributed by atoms with Gasteiger partial charge in [0.25, 0.3) is 0 Å². The van der Waals surface area contributed by atoms with Gasteiger partial charge in [-0.2, -0.15) is 15.0 Å². The molecule has 0 unspecified atom stereocenters. The number of fused-ring (bicyclic) bond motifs is 10. The molecular formula is C64H43N7. The van der Waals surface area contributed by atoms with Crippen LogP contribution >= 0.6 is 0 Å². The van der Waals surface area contributed by atoms with Crippen LogP contribution in [-0.4, -0.2) is 35.2 Å². The van der Waals surface area contributed by atoms with Gasteiger partial charge in [0.15, 0.2) is 5.82 Å². The number of hydrogen-bond acceptors (Lipinski definition) is 4. The predicted molar refractivity (Wildman–Crippen MR) is 294 cm³/mol.